The average Bonchev–Trinajstić information content (AvgIpc) is 3.45. The molecule has 2 bridgehead atoms. The number of carbonyl (C=O) groups excluding carboxylic acids is 2. The number of aromatic nitrogens is 1. The molecule has 232 valence electrons. The van der Waals surface area contributed by atoms with Crippen molar-refractivity contribution in [1.82, 2.24) is 10.3 Å². The van der Waals surface area contributed by atoms with Gasteiger partial charge in [0.1, 0.15) is 16.1 Å². The number of nitrogens with one attached hydrogen (secondary N) is 2. The van der Waals surface area contributed by atoms with Crippen LogP contribution in [0.4, 0.5) is 19.6 Å². The fourth-order valence-corrected chi connectivity index (χ4v) is 9.92. The lowest BCUT2D eigenvalue weighted by atomic mass is 9.46. The zero-order valence-corrected chi connectivity index (χ0v) is 25.1. The van der Waals surface area contributed by atoms with Crippen molar-refractivity contribution in [3.8, 4) is 17.2 Å². The Kier molecular flexibility index (Phi) is 5.49. The number of carbonyl (C=O) groups is 2. The summed E-state index contributed by atoms with van der Waals surface area (Å²) in [7, 11) is -0.0886. The average molecular weight is 649 g/mol. The summed E-state index contributed by atoms with van der Waals surface area (Å²) in [4.78, 5) is 33.9. The summed E-state index contributed by atoms with van der Waals surface area (Å²) in [5.74, 6) is -1.51. The highest BCUT2D eigenvalue weighted by Gasteiger charge is 2.69. The molecule has 12 nitrogen and oxygen atoms in total. The summed E-state index contributed by atoms with van der Waals surface area (Å²) < 4.78 is 72.4. The number of thiazole rings is 1. The molecule has 2 amide bonds. The smallest absolute Gasteiger partial charge is 0.496 e. The Bertz CT molecular complexity index is 1890. The monoisotopic (exact) mass is 648 g/mol. The highest BCUT2D eigenvalue weighted by Crippen LogP contribution is 2.62. The quantitative estimate of drug-likeness (QED) is 0.392. The summed E-state index contributed by atoms with van der Waals surface area (Å²) >= 11 is 1.21. The van der Waals surface area contributed by atoms with E-state index < -0.39 is 38.2 Å². The molecule has 0 unspecified atom stereocenters. The molecular weight excluding hydrogens is 622 g/mol. The van der Waals surface area contributed by atoms with Gasteiger partial charge in [-0.1, -0.05) is 11.3 Å². The second kappa shape index (κ2) is 8.69. The minimum Gasteiger partial charge on any atom is -0.496 e. The number of nitrogens with zero attached hydrogens (tertiary/aromatic N) is 2. The van der Waals surface area contributed by atoms with E-state index in [2.05, 4.69) is 25.1 Å². The summed E-state index contributed by atoms with van der Waals surface area (Å²) in [6.07, 6.45) is -1.43. The number of alkyl halides is 2. The van der Waals surface area contributed by atoms with Crippen LogP contribution < -0.4 is 29.7 Å². The number of fused-ring (bicyclic) bond motifs is 2. The van der Waals surface area contributed by atoms with Crippen LogP contribution in [0.2, 0.25) is 0 Å². The van der Waals surface area contributed by atoms with Crippen LogP contribution in [0.25, 0.3) is 10.2 Å². The number of benzene rings is 2. The molecule has 2 saturated heterocycles. The summed E-state index contributed by atoms with van der Waals surface area (Å²) in [6.45, 7) is 0.669. The number of anilines is 2. The number of methoxy groups -OCH3 is 2. The van der Waals surface area contributed by atoms with E-state index in [4.69, 9.17) is 9.47 Å². The van der Waals surface area contributed by atoms with Gasteiger partial charge >= 0.3 is 6.29 Å². The van der Waals surface area contributed by atoms with E-state index in [9.17, 15) is 26.8 Å². The SMILES string of the molecule is COc1ccc2nc(N3CC4(CCS4(=O)=O)C3)sc2c1C(=O)Nc1cc2c(cc1C(=O)NC13CC(OC)(C1)C3)OC(F)(F)O2. The molecule has 44 heavy (non-hydrogen) atoms. The minimum atomic E-state index is -3.93. The fourth-order valence-electron chi connectivity index (χ4n) is 7.00. The number of halogens is 2. The minimum absolute atomic E-state index is 0.0655. The van der Waals surface area contributed by atoms with Gasteiger partial charge in [0.05, 0.1) is 39.9 Å². The van der Waals surface area contributed by atoms with Crippen LogP contribution in [0.1, 0.15) is 46.4 Å². The Morgan fingerprint density at radius 2 is 1.77 bits per heavy atom. The molecule has 6 aliphatic rings. The van der Waals surface area contributed by atoms with Gasteiger partial charge in [-0.05, 0) is 43.9 Å². The van der Waals surface area contributed by atoms with Crippen LogP contribution >= 0.6 is 11.3 Å². The molecule has 0 atom stereocenters. The van der Waals surface area contributed by atoms with Gasteiger partial charge in [0.15, 0.2) is 26.5 Å². The fraction of sp³-hybridized carbons (Fsp3) is 0.464. The van der Waals surface area contributed by atoms with Gasteiger partial charge in [-0.25, -0.2) is 13.4 Å². The van der Waals surface area contributed by atoms with Gasteiger partial charge in [-0.2, -0.15) is 0 Å². The molecule has 3 aliphatic heterocycles. The molecule has 2 N–H and O–H groups in total. The van der Waals surface area contributed by atoms with E-state index in [1.54, 1.807) is 19.2 Å². The van der Waals surface area contributed by atoms with Crippen molar-refractivity contribution in [1.29, 1.82) is 0 Å². The predicted molar refractivity (Wildman–Crippen MR) is 154 cm³/mol. The highest BCUT2D eigenvalue weighted by atomic mass is 32.2. The Labute approximate surface area is 253 Å². The van der Waals surface area contributed by atoms with E-state index in [0.29, 0.717) is 54.1 Å². The number of hydrogen-bond acceptors (Lipinski definition) is 11. The Balaban J connectivity index is 1.11. The van der Waals surface area contributed by atoms with Gasteiger partial charge in [-0.3, -0.25) is 9.59 Å². The maximum Gasteiger partial charge on any atom is 0.586 e. The van der Waals surface area contributed by atoms with Gasteiger partial charge in [-0.15, -0.1) is 8.78 Å². The Hall–Kier alpha value is -3.76. The van der Waals surface area contributed by atoms with Gasteiger partial charge in [0.25, 0.3) is 11.8 Å². The molecule has 3 saturated carbocycles. The maximum atomic E-state index is 13.9. The highest BCUT2D eigenvalue weighted by molar-refractivity contribution is 7.94. The molecule has 3 aromatic rings. The third-order valence-corrected chi connectivity index (χ3v) is 13.2. The molecule has 2 aromatic carbocycles. The van der Waals surface area contributed by atoms with Crippen molar-refractivity contribution in [2.24, 2.45) is 0 Å². The van der Waals surface area contributed by atoms with E-state index in [1.807, 2.05) is 4.90 Å². The molecule has 16 heteroatoms. The van der Waals surface area contributed by atoms with E-state index >= 15 is 0 Å². The first kappa shape index (κ1) is 27.8. The number of sulfone groups is 1. The number of amides is 2. The van der Waals surface area contributed by atoms with E-state index in [1.165, 1.54) is 18.4 Å². The predicted octanol–water partition coefficient (Wildman–Crippen LogP) is 3.31. The van der Waals surface area contributed by atoms with Gasteiger partial charge in [0.2, 0.25) is 0 Å². The molecule has 1 aromatic heterocycles. The zero-order chi connectivity index (χ0) is 30.9. The van der Waals surface area contributed by atoms with Crippen LogP contribution in [0.5, 0.6) is 17.2 Å². The second-order valence-electron chi connectivity index (χ2n) is 12.2. The second-order valence-corrected chi connectivity index (χ2v) is 15.7. The third-order valence-electron chi connectivity index (χ3n) is 9.50. The van der Waals surface area contributed by atoms with Crippen molar-refractivity contribution in [2.75, 3.05) is 43.3 Å². The first-order valence-electron chi connectivity index (χ1n) is 13.9. The topological polar surface area (TPSA) is 145 Å². The van der Waals surface area contributed by atoms with Crippen molar-refractivity contribution < 1.29 is 45.7 Å². The first-order chi connectivity index (χ1) is 20.8. The van der Waals surface area contributed by atoms with Crippen molar-refractivity contribution >= 4 is 54.0 Å². The summed E-state index contributed by atoms with van der Waals surface area (Å²) in [5, 5.41) is 6.22. The molecule has 0 radical (unpaired) electrons. The molecular formula is C28H26F2N4O8S2. The Morgan fingerprint density at radius 3 is 2.39 bits per heavy atom. The number of hydrogen-bond donors (Lipinski definition) is 2. The lowest BCUT2D eigenvalue weighted by Crippen LogP contribution is -2.79. The summed E-state index contributed by atoms with van der Waals surface area (Å²) in [5.41, 5.74) is -0.241. The zero-order valence-electron chi connectivity index (χ0n) is 23.5. The molecule has 3 aliphatic carbocycles. The third kappa shape index (κ3) is 3.86. The molecule has 9 rings (SSSR count). The van der Waals surface area contributed by atoms with Crippen LogP contribution in [-0.2, 0) is 14.6 Å². The normalized spacial score (nSPS) is 27.5. The molecule has 4 heterocycles. The lowest BCUT2D eigenvalue weighted by molar-refractivity contribution is -0.286. The largest absolute Gasteiger partial charge is 0.586 e. The van der Waals surface area contributed by atoms with E-state index in [-0.39, 0.29) is 45.4 Å². The molecule has 1 spiro atoms. The van der Waals surface area contributed by atoms with Crippen molar-refractivity contribution in [2.45, 2.75) is 47.9 Å². The standard InChI is InChI=1S/C28H26F2N4O8S2/c1-39-17-4-3-15-21(43-24(32-15)34-12-27(13-34)5-6-44(27,37)38)20(17)23(36)31-16-8-19-18(41-28(29,30)42-19)7-14(16)22(35)33-25-9-26(10-25,11-25)40-2/h3-4,7-8H,5-6,9-13H2,1-2H3,(H,31,36)(H,33,35). The van der Waals surface area contributed by atoms with Crippen LogP contribution in [0.3, 0.4) is 0 Å². The van der Waals surface area contributed by atoms with Crippen LogP contribution in [-0.4, -0.2) is 80.5 Å². The molecule has 5 fully saturated rings. The van der Waals surface area contributed by atoms with Crippen LogP contribution in [0.15, 0.2) is 24.3 Å². The summed E-state index contributed by atoms with van der Waals surface area (Å²) in [6, 6.07) is 5.52. The van der Waals surface area contributed by atoms with Crippen molar-refractivity contribution in [3.63, 3.8) is 0 Å². The van der Waals surface area contributed by atoms with Crippen LogP contribution in [0, 0.1) is 0 Å². The number of ether oxygens (including phenoxy) is 4. The maximum absolute atomic E-state index is 13.9. The lowest BCUT2D eigenvalue weighted by Gasteiger charge is -2.69. The van der Waals surface area contributed by atoms with Gasteiger partial charge in [0, 0.05) is 31.8 Å². The van der Waals surface area contributed by atoms with Crippen molar-refractivity contribution in [3.05, 3.63) is 35.4 Å². The van der Waals surface area contributed by atoms with Gasteiger partial charge < -0.3 is 34.5 Å². The number of rotatable bonds is 7. The van der Waals surface area contributed by atoms with E-state index in [0.717, 1.165) is 12.1 Å². The Morgan fingerprint density at radius 1 is 1.07 bits per heavy atom. The first-order valence-corrected chi connectivity index (χ1v) is 16.3.